The molecule has 190 valence electrons. The van der Waals surface area contributed by atoms with Crippen molar-refractivity contribution in [3.8, 4) is 11.1 Å². The molecule has 5 nitrogen and oxygen atoms in total. The first-order valence-corrected chi connectivity index (χ1v) is 12.5. The zero-order valence-electron chi connectivity index (χ0n) is 19.7. The Bertz CT molecular complexity index is 1020. The van der Waals surface area contributed by atoms with Crippen LogP contribution in [0.25, 0.3) is 11.1 Å². The molecule has 1 N–H and O–H groups in total. The van der Waals surface area contributed by atoms with Crippen molar-refractivity contribution in [1.82, 2.24) is 4.57 Å². The van der Waals surface area contributed by atoms with Crippen LogP contribution in [-0.4, -0.2) is 28.5 Å². The molecule has 0 amide bonds. The number of rotatable bonds is 9. The maximum Gasteiger partial charge on any atom is 0.329 e. The first-order chi connectivity index (χ1) is 15.9. The summed E-state index contributed by atoms with van der Waals surface area (Å²) in [6.45, 7) is 5.63. The van der Waals surface area contributed by atoms with Gasteiger partial charge in [0.25, 0.3) is 5.56 Å². The SMILES string of the molecule is C.CC.CCCCCCCc1c(-c2ccc(F)c(F)c2)c2n(c(=O)c1CO)[C@H](C(=O)OC)CS2. The van der Waals surface area contributed by atoms with Gasteiger partial charge in [-0.15, -0.1) is 11.8 Å². The average Bonchev–Trinajstić information content (AvgIpc) is 3.27. The molecule has 0 saturated heterocycles. The summed E-state index contributed by atoms with van der Waals surface area (Å²) in [6.07, 6.45) is 5.58. The van der Waals surface area contributed by atoms with Crippen molar-refractivity contribution in [1.29, 1.82) is 0 Å². The summed E-state index contributed by atoms with van der Waals surface area (Å²) >= 11 is 1.31. The monoisotopic (exact) mass is 497 g/mol. The molecule has 0 bridgehead atoms. The van der Waals surface area contributed by atoms with Crippen molar-refractivity contribution in [2.75, 3.05) is 12.9 Å². The zero-order chi connectivity index (χ0) is 24.5. The van der Waals surface area contributed by atoms with Crippen LogP contribution in [0.5, 0.6) is 0 Å². The van der Waals surface area contributed by atoms with Gasteiger partial charge in [-0.1, -0.05) is 59.9 Å². The van der Waals surface area contributed by atoms with Gasteiger partial charge in [-0.25, -0.2) is 13.6 Å². The molecule has 2 aromatic rings. The molecule has 3 rings (SSSR count). The molecule has 1 aliphatic heterocycles. The van der Waals surface area contributed by atoms with Gasteiger partial charge in [0.15, 0.2) is 11.6 Å². The average molecular weight is 498 g/mol. The largest absolute Gasteiger partial charge is 0.467 e. The van der Waals surface area contributed by atoms with Crippen LogP contribution < -0.4 is 5.56 Å². The van der Waals surface area contributed by atoms with Crippen molar-refractivity contribution in [2.45, 2.75) is 84.4 Å². The number of carbonyl (C=O) groups is 1. The summed E-state index contributed by atoms with van der Waals surface area (Å²) < 4.78 is 33.9. The number of aromatic nitrogens is 1. The second-order valence-corrected chi connectivity index (χ2v) is 8.62. The smallest absolute Gasteiger partial charge is 0.329 e. The van der Waals surface area contributed by atoms with E-state index in [0.29, 0.717) is 33.9 Å². The van der Waals surface area contributed by atoms with E-state index in [1.165, 1.54) is 29.5 Å². The lowest BCUT2D eigenvalue weighted by atomic mass is 9.93. The molecule has 1 aromatic carbocycles. The molecule has 0 fully saturated rings. The van der Waals surface area contributed by atoms with Crippen molar-refractivity contribution in [2.24, 2.45) is 0 Å². The first kappa shape index (κ1) is 29.8. The lowest BCUT2D eigenvalue weighted by Gasteiger charge is -2.20. The van der Waals surface area contributed by atoms with Crippen LogP contribution in [0.3, 0.4) is 0 Å². The number of methoxy groups -OCH3 is 1. The van der Waals surface area contributed by atoms with E-state index in [4.69, 9.17) is 4.74 Å². The highest BCUT2D eigenvalue weighted by Crippen LogP contribution is 2.42. The molecule has 1 aromatic heterocycles. The minimum atomic E-state index is -0.991. The molecule has 0 radical (unpaired) electrons. The van der Waals surface area contributed by atoms with Crippen molar-refractivity contribution < 1.29 is 23.4 Å². The third kappa shape index (κ3) is 6.27. The highest BCUT2D eigenvalue weighted by Gasteiger charge is 2.35. The van der Waals surface area contributed by atoms with Gasteiger partial charge in [0.2, 0.25) is 0 Å². The van der Waals surface area contributed by atoms with E-state index in [9.17, 15) is 23.5 Å². The molecular formula is C26H37F2NO4S. The maximum atomic E-state index is 14.1. The lowest BCUT2D eigenvalue weighted by Crippen LogP contribution is -2.33. The molecule has 0 spiro atoms. The van der Waals surface area contributed by atoms with Crippen LogP contribution in [0.1, 0.15) is 77.5 Å². The fraction of sp³-hybridized carbons (Fsp3) is 0.538. The number of aliphatic hydroxyl groups is 1. The van der Waals surface area contributed by atoms with Gasteiger partial charge in [0.1, 0.15) is 6.04 Å². The van der Waals surface area contributed by atoms with Crippen LogP contribution in [0.2, 0.25) is 0 Å². The predicted molar refractivity (Wildman–Crippen MR) is 134 cm³/mol. The third-order valence-electron chi connectivity index (χ3n) is 5.64. The Hall–Kier alpha value is -2.19. The van der Waals surface area contributed by atoms with Crippen molar-refractivity contribution in [3.63, 3.8) is 0 Å². The van der Waals surface area contributed by atoms with Gasteiger partial charge in [0.05, 0.1) is 18.7 Å². The maximum absolute atomic E-state index is 14.1. The highest BCUT2D eigenvalue weighted by molar-refractivity contribution is 7.99. The molecule has 0 aliphatic carbocycles. The minimum Gasteiger partial charge on any atom is -0.467 e. The molecule has 34 heavy (non-hydrogen) atoms. The Balaban J connectivity index is 0.00000188. The number of carbonyl (C=O) groups excluding carboxylic acids is 1. The van der Waals surface area contributed by atoms with Gasteiger partial charge in [-0.2, -0.15) is 0 Å². The van der Waals surface area contributed by atoms with Crippen LogP contribution in [0.4, 0.5) is 8.78 Å². The van der Waals surface area contributed by atoms with Gasteiger partial charge in [-0.05, 0) is 36.1 Å². The normalized spacial score (nSPS) is 14.0. The molecular weight excluding hydrogens is 460 g/mol. The topological polar surface area (TPSA) is 68.5 Å². The van der Waals surface area contributed by atoms with Crippen LogP contribution in [0.15, 0.2) is 28.0 Å². The summed E-state index contributed by atoms with van der Waals surface area (Å²) in [5, 5.41) is 10.6. The van der Waals surface area contributed by atoms with Crippen LogP contribution >= 0.6 is 11.8 Å². The van der Waals surface area contributed by atoms with Crippen molar-refractivity contribution in [3.05, 3.63) is 51.3 Å². The van der Waals surface area contributed by atoms with E-state index in [1.807, 2.05) is 13.8 Å². The second-order valence-electron chi connectivity index (χ2n) is 7.61. The number of esters is 1. The Morgan fingerprint density at radius 2 is 1.82 bits per heavy atom. The van der Waals surface area contributed by atoms with Gasteiger partial charge >= 0.3 is 5.97 Å². The minimum absolute atomic E-state index is 0. The number of halogens is 2. The van der Waals surface area contributed by atoms with Gasteiger partial charge in [0, 0.05) is 16.9 Å². The lowest BCUT2D eigenvalue weighted by molar-refractivity contribution is -0.143. The fourth-order valence-electron chi connectivity index (χ4n) is 4.03. The number of nitrogens with zero attached hydrogens (tertiary/aromatic N) is 1. The molecule has 1 aliphatic rings. The number of benzene rings is 1. The van der Waals surface area contributed by atoms with E-state index in [2.05, 4.69) is 6.92 Å². The Morgan fingerprint density at radius 3 is 2.41 bits per heavy atom. The zero-order valence-corrected chi connectivity index (χ0v) is 20.6. The molecule has 0 unspecified atom stereocenters. The van der Waals surface area contributed by atoms with E-state index in [-0.39, 0.29) is 13.0 Å². The van der Waals surface area contributed by atoms with E-state index in [0.717, 1.165) is 44.2 Å². The number of unbranched alkanes of at least 4 members (excludes halogenated alkanes) is 4. The molecule has 0 saturated carbocycles. The first-order valence-electron chi connectivity index (χ1n) is 11.5. The van der Waals surface area contributed by atoms with E-state index >= 15 is 0 Å². The van der Waals surface area contributed by atoms with Crippen LogP contribution in [0, 0.1) is 11.6 Å². The Labute approximate surface area is 205 Å². The fourth-order valence-corrected chi connectivity index (χ4v) is 5.36. The van der Waals surface area contributed by atoms with Crippen LogP contribution in [-0.2, 0) is 22.6 Å². The summed E-state index contributed by atoms with van der Waals surface area (Å²) in [5.74, 6) is -2.21. The quantitative estimate of drug-likeness (QED) is 0.326. The summed E-state index contributed by atoms with van der Waals surface area (Å²) in [7, 11) is 1.25. The Kier molecular flexibility index (Phi) is 12.5. The number of fused-ring (bicyclic) bond motifs is 1. The predicted octanol–water partition coefficient (Wildman–Crippen LogP) is 6.28. The Morgan fingerprint density at radius 1 is 1.15 bits per heavy atom. The number of hydrogen-bond acceptors (Lipinski definition) is 5. The molecule has 1 atom stereocenters. The molecule has 2 heterocycles. The number of hydrogen-bond donors (Lipinski definition) is 1. The van der Waals surface area contributed by atoms with E-state index < -0.39 is 35.8 Å². The third-order valence-corrected chi connectivity index (χ3v) is 6.79. The number of aliphatic hydroxyl groups excluding tert-OH is 1. The number of pyridine rings is 1. The van der Waals surface area contributed by atoms with E-state index in [1.54, 1.807) is 0 Å². The van der Waals surface area contributed by atoms with Crippen molar-refractivity contribution >= 4 is 17.7 Å². The summed E-state index contributed by atoms with van der Waals surface area (Å²) in [5.41, 5.74) is 1.39. The second kappa shape index (κ2) is 14.3. The number of thioether (sulfide) groups is 1. The standard InChI is InChI=1S/C23H27F2NO4S.C2H6.CH4/c1-3-4-5-6-7-8-15-16(12-27)21(28)26-19(23(29)30-2)13-31-22(26)20(15)14-9-10-17(24)18(25)11-14;1-2;/h9-11,19,27H,3-8,12-13H2,1-2H3;1-2H3;1H4/t19-;;/m0../s1. The molecule has 8 heteroatoms. The van der Waals surface area contributed by atoms with Gasteiger partial charge < -0.3 is 9.84 Å². The summed E-state index contributed by atoms with van der Waals surface area (Å²) in [4.78, 5) is 25.5. The van der Waals surface area contributed by atoms with Gasteiger partial charge in [-0.3, -0.25) is 9.36 Å². The summed E-state index contributed by atoms with van der Waals surface area (Å²) in [6, 6.07) is 2.79. The highest BCUT2D eigenvalue weighted by atomic mass is 32.2. The number of ether oxygens (including phenoxy) is 1.